The van der Waals surface area contributed by atoms with Crippen molar-refractivity contribution in [2.24, 2.45) is 5.10 Å². The Kier molecular flexibility index (Phi) is 6.26. The zero-order chi connectivity index (χ0) is 17.5. The van der Waals surface area contributed by atoms with Crippen LogP contribution in [0.25, 0.3) is 0 Å². The maximum atomic E-state index is 12.0. The molecule has 0 aliphatic carbocycles. The first-order valence-corrected chi connectivity index (χ1v) is 8.51. The van der Waals surface area contributed by atoms with E-state index in [2.05, 4.69) is 15.8 Å². The van der Waals surface area contributed by atoms with Crippen LogP contribution < -0.4 is 10.7 Å². The molecule has 2 aromatic rings. The Morgan fingerprint density at radius 3 is 2.54 bits per heavy atom. The van der Waals surface area contributed by atoms with Gasteiger partial charge in [0.15, 0.2) is 0 Å². The van der Waals surface area contributed by atoms with E-state index in [9.17, 15) is 9.59 Å². The number of hydrazone groups is 1. The summed E-state index contributed by atoms with van der Waals surface area (Å²) in [6.07, 6.45) is 1.82. The smallest absolute Gasteiger partial charge is 0.240 e. The SMILES string of the molecule is Cc1ccc(C)c(NC(=O)CCC(=O)NN=Cc2ccc(C)s2)c1. The van der Waals surface area contributed by atoms with Gasteiger partial charge >= 0.3 is 0 Å². The number of hydrogen-bond donors (Lipinski definition) is 2. The maximum absolute atomic E-state index is 12.0. The van der Waals surface area contributed by atoms with Crippen molar-refractivity contribution in [3.05, 3.63) is 51.2 Å². The summed E-state index contributed by atoms with van der Waals surface area (Å²) in [7, 11) is 0. The second kappa shape index (κ2) is 8.40. The average molecular weight is 343 g/mol. The fourth-order valence-electron chi connectivity index (χ4n) is 2.06. The molecule has 2 N–H and O–H groups in total. The van der Waals surface area contributed by atoms with Crippen LogP contribution in [0.2, 0.25) is 0 Å². The van der Waals surface area contributed by atoms with Gasteiger partial charge in [-0.2, -0.15) is 5.10 Å². The molecule has 0 radical (unpaired) electrons. The number of anilines is 1. The Balaban J connectivity index is 1.75. The highest BCUT2D eigenvalue weighted by Crippen LogP contribution is 2.16. The van der Waals surface area contributed by atoms with Crippen molar-refractivity contribution in [1.29, 1.82) is 0 Å². The van der Waals surface area contributed by atoms with Crippen molar-refractivity contribution in [1.82, 2.24) is 5.43 Å². The predicted molar refractivity (Wildman–Crippen MR) is 98.6 cm³/mol. The van der Waals surface area contributed by atoms with Gasteiger partial charge in [-0.15, -0.1) is 11.3 Å². The molecule has 0 aliphatic heterocycles. The van der Waals surface area contributed by atoms with Gasteiger partial charge in [-0.25, -0.2) is 5.43 Å². The fourth-order valence-corrected chi connectivity index (χ4v) is 2.81. The summed E-state index contributed by atoms with van der Waals surface area (Å²) in [5, 5.41) is 6.73. The lowest BCUT2D eigenvalue weighted by molar-refractivity contribution is -0.124. The molecule has 1 aromatic carbocycles. The van der Waals surface area contributed by atoms with E-state index >= 15 is 0 Å². The zero-order valence-corrected chi connectivity index (χ0v) is 14.9. The molecule has 0 saturated heterocycles. The quantitative estimate of drug-likeness (QED) is 0.622. The number of carbonyl (C=O) groups excluding carboxylic acids is 2. The van der Waals surface area contributed by atoms with Crippen molar-refractivity contribution >= 4 is 35.1 Å². The van der Waals surface area contributed by atoms with Gasteiger partial charge in [0.25, 0.3) is 0 Å². The van der Waals surface area contributed by atoms with Crippen LogP contribution in [-0.2, 0) is 9.59 Å². The molecule has 126 valence electrons. The summed E-state index contributed by atoms with van der Waals surface area (Å²) in [4.78, 5) is 25.8. The van der Waals surface area contributed by atoms with Crippen molar-refractivity contribution in [2.75, 3.05) is 5.32 Å². The number of thiophene rings is 1. The normalized spacial score (nSPS) is 10.8. The first kappa shape index (κ1) is 17.9. The molecular weight excluding hydrogens is 322 g/mol. The Labute approximate surface area is 145 Å². The van der Waals surface area contributed by atoms with Crippen LogP contribution in [-0.4, -0.2) is 18.0 Å². The molecule has 0 atom stereocenters. The van der Waals surface area contributed by atoms with Crippen LogP contribution >= 0.6 is 11.3 Å². The molecule has 0 saturated carbocycles. The summed E-state index contributed by atoms with van der Waals surface area (Å²) < 4.78 is 0. The first-order chi connectivity index (χ1) is 11.4. The largest absolute Gasteiger partial charge is 0.326 e. The molecule has 5 nitrogen and oxygen atoms in total. The highest BCUT2D eigenvalue weighted by molar-refractivity contribution is 7.13. The van der Waals surface area contributed by atoms with E-state index in [0.29, 0.717) is 0 Å². The second-order valence-electron chi connectivity index (χ2n) is 5.61. The lowest BCUT2D eigenvalue weighted by Crippen LogP contribution is -2.20. The molecule has 2 rings (SSSR count). The molecule has 0 aliphatic rings. The summed E-state index contributed by atoms with van der Waals surface area (Å²) in [5.41, 5.74) is 5.29. The minimum atomic E-state index is -0.282. The molecule has 2 amide bonds. The monoisotopic (exact) mass is 343 g/mol. The number of carbonyl (C=O) groups is 2. The van der Waals surface area contributed by atoms with E-state index in [-0.39, 0.29) is 24.7 Å². The zero-order valence-electron chi connectivity index (χ0n) is 14.1. The van der Waals surface area contributed by atoms with E-state index in [1.54, 1.807) is 17.6 Å². The predicted octanol–water partition coefficient (Wildman–Crippen LogP) is 3.54. The van der Waals surface area contributed by atoms with Gasteiger partial charge in [-0.3, -0.25) is 9.59 Å². The lowest BCUT2D eigenvalue weighted by Gasteiger charge is -2.09. The molecule has 0 unspecified atom stereocenters. The van der Waals surface area contributed by atoms with Crippen LogP contribution in [0.15, 0.2) is 35.4 Å². The van der Waals surface area contributed by atoms with Crippen molar-refractivity contribution < 1.29 is 9.59 Å². The van der Waals surface area contributed by atoms with E-state index < -0.39 is 0 Å². The number of rotatable bonds is 6. The van der Waals surface area contributed by atoms with Gasteiger partial charge in [0.05, 0.1) is 6.21 Å². The summed E-state index contributed by atoms with van der Waals surface area (Å²) in [5.74, 6) is -0.465. The minimum absolute atomic E-state index is 0.0947. The van der Waals surface area contributed by atoms with E-state index in [0.717, 1.165) is 21.7 Å². The van der Waals surface area contributed by atoms with Crippen LogP contribution in [0.4, 0.5) is 5.69 Å². The van der Waals surface area contributed by atoms with Crippen LogP contribution in [0, 0.1) is 20.8 Å². The highest BCUT2D eigenvalue weighted by Gasteiger charge is 2.08. The van der Waals surface area contributed by atoms with Gasteiger partial charge in [0.2, 0.25) is 11.8 Å². The van der Waals surface area contributed by atoms with E-state index in [4.69, 9.17) is 0 Å². The van der Waals surface area contributed by atoms with Crippen molar-refractivity contribution in [2.45, 2.75) is 33.6 Å². The second-order valence-corrected chi connectivity index (χ2v) is 6.93. The number of aryl methyl sites for hydroxylation is 3. The minimum Gasteiger partial charge on any atom is -0.326 e. The van der Waals surface area contributed by atoms with Crippen molar-refractivity contribution in [3.63, 3.8) is 0 Å². The third-order valence-corrected chi connectivity index (χ3v) is 4.32. The Bertz CT molecular complexity index is 765. The summed E-state index contributed by atoms with van der Waals surface area (Å²) >= 11 is 1.60. The number of nitrogens with one attached hydrogen (secondary N) is 2. The molecular formula is C18H21N3O2S. The van der Waals surface area contributed by atoms with Gasteiger partial charge < -0.3 is 5.32 Å². The average Bonchev–Trinajstić information content (AvgIpc) is 2.94. The van der Waals surface area contributed by atoms with Crippen LogP contribution in [0.1, 0.15) is 33.7 Å². The highest BCUT2D eigenvalue weighted by atomic mass is 32.1. The number of nitrogens with zero attached hydrogens (tertiary/aromatic N) is 1. The molecule has 1 heterocycles. The number of hydrogen-bond acceptors (Lipinski definition) is 4. The summed E-state index contributed by atoms with van der Waals surface area (Å²) in [6.45, 7) is 5.91. The van der Waals surface area contributed by atoms with E-state index in [1.807, 2.05) is 51.1 Å². The van der Waals surface area contributed by atoms with Gasteiger partial charge in [0, 0.05) is 28.3 Å². The number of benzene rings is 1. The molecule has 24 heavy (non-hydrogen) atoms. The first-order valence-electron chi connectivity index (χ1n) is 7.69. The maximum Gasteiger partial charge on any atom is 0.240 e. The molecule has 6 heteroatoms. The van der Waals surface area contributed by atoms with Gasteiger partial charge in [-0.1, -0.05) is 12.1 Å². The molecule has 0 bridgehead atoms. The van der Waals surface area contributed by atoms with Gasteiger partial charge in [0.1, 0.15) is 0 Å². The van der Waals surface area contributed by atoms with Crippen LogP contribution in [0.5, 0.6) is 0 Å². The molecule has 0 spiro atoms. The standard InChI is InChI=1S/C18H21N3O2S/c1-12-4-5-13(2)16(10-12)20-17(22)8-9-18(23)21-19-11-15-7-6-14(3)24-15/h4-7,10-11H,8-9H2,1-3H3,(H,20,22)(H,21,23). The molecule has 0 fully saturated rings. The van der Waals surface area contributed by atoms with E-state index in [1.165, 1.54) is 4.88 Å². The summed E-state index contributed by atoms with van der Waals surface area (Å²) in [6, 6.07) is 9.80. The Hall–Kier alpha value is -2.47. The molecule has 1 aromatic heterocycles. The topological polar surface area (TPSA) is 70.6 Å². The van der Waals surface area contributed by atoms with Gasteiger partial charge in [-0.05, 0) is 50.1 Å². The van der Waals surface area contributed by atoms with Crippen molar-refractivity contribution in [3.8, 4) is 0 Å². The Morgan fingerprint density at radius 1 is 1.08 bits per heavy atom. The third-order valence-electron chi connectivity index (χ3n) is 3.39. The fraction of sp³-hybridized carbons (Fsp3) is 0.278. The lowest BCUT2D eigenvalue weighted by atomic mass is 10.1. The van der Waals surface area contributed by atoms with Crippen LogP contribution in [0.3, 0.4) is 0 Å². The Morgan fingerprint density at radius 2 is 1.83 bits per heavy atom. The number of amides is 2. The third kappa shape index (κ3) is 5.62.